The van der Waals surface area contributed by atoms with Crippen LogP contribution < -0.4 is 5.32 Å². The van der Waals surface area contributed by atoms with Crippen LogP contribution in [0.1, 0.15) is 48.3 Å². The Labute approximate surface area is 236 Å². The van der Waals surface area contributed by atoms with Gasteiger partial charge in [-0.05, 0) is 12.1 Å². The van der Waals surface area contributed by atoms with Crippen LogP contribution in [0.3, 0.4) is 0 Å². The molecular formula is C24H25N3O12S. The van der Waals surface area contributed by atoms with Crippen molar-refractivity contribution in [3.63, 3.8) is 0 Å². The molecule has 214 valence electrons. The first kappa shape index (κ1) is 24.6. The minimum Gasteiger partial charge on any atom is -0.463 e. The van der Waals surface area contributed by atoms with Gasteiger partial charge < -0.3 is 29.0 Å². The standard InChI is InChI=1S/C24H25N3O12S/c1-11(28)35-10-17-20(36-12(2)29)21(37-13(3)30)22(38-14(4)31)23(39-17)26-24-25-9-18(40-24)19(32)15-5-7-16(8-6-15)27(33)34/h5-9,17,20-23H,10H2,1-4H3,(H,25,26)/t17-,20-,21+,22+,23?/m1/s1/i1D,2D,3D,4D. The van der Waals surface area contributed by atoms with E-state index in [-0.39, 0.29) is 21.3 Å². The Hall–Kier alpha value is -4.44. The summed E-state index contributed by atoms with van der Waals surface area (Å²) < 4.78 is 55.8. The fraction of sp³-hybridized carbons (Fsp3) is 0.417. The number of ketones is 1. The summed E-state index contributed by atoms with van der Waals surface area (Å²) in [5.74, 6) is -4.89. The van der Waals surface area contributed by atoms with E-state index in [0.29, 0.717) is 0 Å². The molecule has 0 amide bonds. The zero-order valence-corrected chi connectivity index (χ0v) is 21.3. The van der Waals surface area contributed by atoms with Gasteiger partial charge in [-0.25, -0.2) is 4.98 Å². The van der Waals surface area contributed by atoms with Crippen LogP contribution in [0.25, 0.3) is 0 Å². The first-order chi connectivity index (χ1) is 21.0. The van der Waals surface area contributed by atoms with E-state index in [0.717, 1.165) is 23.5 Å². The third-order valence-electron chi connectivity index (χ3n) is 5.18. The van der Waals surface area contributed by atoms with Gasteiger partial charge in [0.05, 0.1) is 16.0 Å². The Morgan fingerprint density at radius 2 is 1.57 bits per heavy atom. The van der Waals surface area contributed by atoms with E-state index in [9.17, 15) is 34.1 Å². The molecule has 1 saturated heterocycles. The lowest BCUT2D eigenvalue weighted by molar-refractivity contribution is -0.384. The van der Waals surface area contributed by atoms with E-state index >= 15 is 0 Å². The number of rotatable bonds is 10. The number of aromatic nitrogens is 1. The number of carbonyl (C=O) groups is 5. The Balaban J connectivity index is 1.96. The molecule has 15 nitrogen and oxygen atoms in total. The maximum Gasteiger partial charge on any atom is 0.303 e. The molecule has 1 N–H and O–H groups in total. The lowest BCUT2D eigenvalue weighted by Gasteiger charge is -2.44. The van der Waals surface area contributed by atoms with E-state index in [2.05, 4.69) is 10.3 Å². The molecule has 2 heterocycles. The molecule has 1 aliphatic rings. The van der Waals surface area contributed by atoms with Crippen LogP contribution in [-0.4, -0.2) is 76.8 Å². The van der Waals surface area contributed by atoms with Crippen molar-refractivity contribution in [1.29, 1.82) is 0 Å². The van der Waals surface area contributed by atoms with Crippen LogP contribution in [0.2, 0.25) is 0 Å². The molecule has 5 atom stereocenters. The van der Waals surface area contributed by atoms with Crippen LogP contribution in [0, 0.1) is 10.1 Å². The highest BCUT2D eigenvalue weighted by molar-refractivity contribution is 7.17. The van der Waals surface area contributed by atoms with Gasteiger partial charge in [0.2, 0.25) is 5.78 Å². The van der Waals surface area contributed by atoms with Gasteiger partial charge in [-0.15, -0.1) is 0 Å². The van der Waals surface area contributed by atoms with Crippen molar-refractivity contribution < 1.29 is 58.1 Å². The smallest absolute Gasteiger partial charge is 0.303 e. The van der Waals surface area contributed by atoms with Crippen molar-refractivity contribution in [2.75, 3.05) is 11.9 Å². The number of benzene rings is 1. The predicted molar refractivity (Wildman–Crippen MR) is 134 cm³/mol. The Morgan fingerprint density at radius 1 is 0.975 bits per heavy atom. The molecule has 0 spiro atoms. The zero-order valence-electron chi connectivity index (χ0n) is 24.5. The van der Waals surface area contributed by atoms with Gasteiger partial charge in [0.1, 0.15) is 12.7 Å². The number of nitro benzene ring substituents is 1. The molecule has 0 aliphatic carbocycles. The quantitative estimate of drug-likeness (QED) is 0.139. The van der Waals surface area contributed by atoms with Gasteiger partial charge in [0, 0.05) is 50.8 Å². The molecule has 1 aromatic carbocycles. The van der Waals surface area contributed by atoms with Crippen molar-refractivity contribution in [3.05, 3.63) is 51.0 Å². The summed E-state index contributed by atoms with van der Waals surface area (Å²) in [6.45, 7) is -4.07. The van der Waals surface area contributed by atoms with Crippen LogP contribution in [0.4, 0.5) is 10.8 Å². The van der Waals surface area contributed by atoms with Gasteiger partial charge in [-0.1, -0.05) is 11.3 Å². The van der Waals surface area contributed by atoms with Crippen molar-refractivity contribution >= 4 is 51.8 Å². The van der Waals surface area contributed by atoms with E-state index < -0.39 is 99.4 Å². The van der Waals surface area contributed by atoms with Crippen molar-refractivity contribution in [3.8, 4) is 0 Å². The van der Waals surface area contributed by atoms with Crippen molar-refractivity contribution in [2.24, 2.45) is 0 Å². The first-order valence-corrected chi connectivity index (χ1v) is 11.9. The highest BCUT2D eigenvalue weighted by atomic mass is 32.1. The third-order valence-corrected chi connectivity index (χ3v) is 6.11. The maximum absolute atomic E-state index is 12.9. The second kappa shape index (κ2) is 13.1. The fourth-order valence-corrected chi connectivity index (χ4v) is 4.45. The summed E-state index contributed by atoms with van der Waals surface area (Å²) in [6.07, 6.45) is -6.76. The number of nitrogens with one attached hydrogen (secondary N) is 1. The molecule has 16 heteroatoms. The second-order valence-electron chi connectivity index (χ2n) is 7.95. The third kappa shape index (κ3) is 7.79. The molecule has 2 aromatic rings. The number of nitro groups is 1. The number of anilines is 1. The fourth-order valence-electron chi connectivity index (χ4n) is 3.64. The molecule has 1 unspecified atom stereocenters. The predicted octanol–water partition coefficient (Wildman–Crippen LogP) is 1.78. The van der Waals surface area contributed by atoms with E-state index in [1.165, 1.54) is 18.3 Å². The number of non-ortho nitro benzene ring substituents is 1. The molecule has 0 saturated carbocycles. The lowest BCUT2D eigenvalue weighted by Crippen LogP contribution is -2.64. The zero-order chi connectivity index (χ0) is 32.4. The SMILES string of the molecule is [2H]CC(=O)OC[C@H]1OC(Nc2ncc(C(=O)c3ccc([N+](=O)[O-])cc3)s2)[C@@H](OC(=O)C[2H])[C@@H](OC(=O)C[2H])[C@@H]1OC(=O)C[2H]. The molecule has 0 radical (unpaired) electrons. The van der Waals surface area contributed by atoms with Gasteiger partial charge in [-0.3, -0.25) is 34.1 Å². The lowest BCUT2D eigenvalue weighted by atomic mass is 9.97. The monoisotopic (exact) mass is 583 g/mol. The summed E-state index contributed by atoms with van der Waals surface area (Å²) in [7, 11) is 0. The van der Waals surface area contributed by atoms with Crippen molar-refractivity contribution in [2.45, 2.75) is 58.2 Å². The first-order valence-electron chi connectivity index (χ1n) is 13.9. The minimum absolute atomic E-state index is 0.00116. The number of carbonyl (C=O) groups excluding carboxylic acids is 5. The Bertz CT molecular complexity index is 1380. The van der Waals surface area contributed by atoms with Crippen LogP contribution >= 0.6 is 11.3 Å². The summed E-state index contributed by atoms with van der Waals surface area (Å²) in [4.78, 5) is 75.7. The summed E-state index contributed by atoms with van der Waals surface area (Å²) in [5, 5.41) is 13.7. The van der Waals surface area contributed by atoms with E-state index in [1.54, 1.807) is 0 Å². The number of nitrogens with zero attached hydrogens (tertiary/aromatic N) is 2. The minimum atomic E-state index is -1.70. The molecule has 3 rings (SSSR count). The molecule has 1 fully saturated rings. The highest BCUT2D eigenvalue weighted by Gasteiger charge is 2.52. The van der Waals surface area contributed by atoms with Crippen LogP contribution in [-0.2, 0) is 42.9 Å². The van der Waals surface area contributed by atoms with Crippen LogP contribution in [0.5, 0.6) is 0 Å². The maximum atomic E-state index is 12.9. The average Bonchev–Trinajstić information content (AvgIpc) is 3.50. The summed E-state index contributed by atoms with van der Waals surface area (Å²) >= 11 is 0.803. The molecular weight excluding hydrogens is 554 g/mol. The normalized spacial score (nSPS) is 23.2. The van der Waals surface area contributed by atoms with Gasteiger partial charge >= 0.3 is 23.9 Å². The molecule has 1 aliphatic heterocycles. The largest absolute Gasteiger partial charge is 0.463 e. The van der Waals surface area contributed by atoms with Gasteiger partial charge in [0.15, 0.2) is 29.7 Å². The van der Waals surface area contributed by atoms with E-state index in [4.69, 9.17) is 29.2 Å². The highest BCUT2D eigenvalue weighted by Crippen LogP contribution is 2.31. The number of thiazole rings is 1. The second-order valence-corrected chi connectivity index (χ2v) is 8.98. The van der Waals surface area contributed by atoms with E-state index in [1.807, 2.05) is 0 Å². The molecule has 0 bridgehead atoms. The summed E-state index contributed by atoms with van der Waals surface area (Å²) in [5.41, 5.74) is -0.0917. The number of esters is 4. The molecule has 1 aromatic heterocycles. The Morgan fingerprint density at radius 3 is 2.17 bits per heavy atom. The van der Waals surface area contributed by atoms with Crippen molar-refractivity contribution in [1.82, 2.24) is 4.98 Å². The summed E-state index contributed by atoms with van der Waals surface area (Å²) in [6, 6.07) is 4.84. The van der Waals surface area contributed by atoms with Crippen LogP contribution in [0.15, 0.2) is 30.5 Å². The molecule has 40 heavy (non-hydrogen) atoms. The number of ether oxygens (including phenoxy) is 5. The average molecular weight is 584 g/mol. The van der Waals surface area contributed by atoms with Gasteiger partial charge in [0.25, 0.3) is 5.69 Å². The van der Waals surface area contributed by atoms with Gasteiger partial charge in [-0.2, -0.15) is 0 Å². The Kier molecular flexibility index (Phi) is 8.04. The topological polar surface area (TPSA) is 200 Å². The number of hydrogen-bond acceptors (Lipinski definition) is 15. The number of hydrogen-bond donors (Lipinski definition) is 1.